The second kappa shape index (κ2) is 6.34. The van der Waals surface area contributed by atoms with Crippen LogP contribution >= 0.6 is 0 Å². The molecule has 0 aromatic heterocycles. The number of benzene rings is 1. The van der Waals surface area contributed by atoms with E-state index in [-0.39, 0.29) is 16.9 Å². The number of Topliss-reactive ketones (excluding diaryl/α,β-unsaturated/α-hetero) is 1. The van der Waals surface area contributed by atoms with E-state index in [0.29, 0.717) is 0 Å². The van der Waals surface area contributed by atoms with Gasteiger partial charge in [0.1, 0.15) is 0 Å². The molecule has 1 atom stereocenters. The van der Waals surface area contributed by atoms with E-state index < -0.39 is 30.0 Å². The summed E-state index contributed by atoms with van der Waals surface area (Å²) in [4.78, 5) is 11.2. The standard InChI is InChI=1S/C15H15F7O2/c1-9(23)10-4-6-11(7-5-10)12(2,24-3)8-13(16,17)14(18,19)15(20,21)22/h4-7H,8H2,1-3H3. The number of hydrogen-bond donors (Lipinski definition) is 0. The number of carbonyl (C=O) groups excluding carboxylic acids is 1. The molecule has 0 aliphatic carbocycles. The smallest absolute Gasteiger partial charge is 0.374 e. The Morgan fingerprint density at radius 2 is 1.46 bits per heavy atom. The number of rotatable bonds is 6. The highest BCUT2D eigenvalue weighted by Crippen LogP contribution is 2.51. The van der Waals surface area contributed by atoms with Crippen LogP contribution in [0, 0.1) is 0 Å². The van der Waals surface area contributed by atoms with Gasteiger partial charge in [-0.25, -0.2) is 0 Å². The molecule has 24 heavy (non-hydrogen) atoms. The molecule has 0 amide bonds. The fourth-order valence-electron chi connectivity index (χ4n) is 2.09. The van der Waals surface area contributed by atoms with Crippen molar-refractivity contribution in [3.05, 3.63) is 35.4 Å². The lowest BCUT2D eigenvalue weighted by molar-refractivity contribution is -0.361. The summed E-state index contributed by atoms with van der Waals surface area (Å²) in [5, 5.41) is 0. The first-order valence-electron chi connectivity index (χ1n) is 6.67. The van der Waals surface area contributed by atoms with Crippen LogP contribution in [0.5, 0.6) is 0 Å². The van der Waals surface area contributed by atoms with E-state index in [2.05, 4.69) is 0 Å². The predicted octanol–water partition coefficient (Wildman–Crippen LogP) is 4.97. The number of hydrogen-bond acceptors (Lipinski definition) is 2. The highest BCUT2D eigenvalue weighted by Gasteiger charge is 2.73. The highest BCUT2D eigenvalue weighted by atomic mass is 19.4. The molecular formula is C15H15F7O2. The first-order chi connectivity index (χ1) is 10.7. The minimum absolute atomic E-state index is 0.0624. The summed E-state index contributed by atoms with van der Waals surface area (Å²) in [6.45, 7) is 2.22. The van der Waals surface area contributed by atoms with Crippen LogP contribution in [0.4, 0.5) is 30.7 Å². The molecule has 0 saturated heterocycles. The number of carbonyl (C=O) groups is 1. The van der Waals surface area contributed by atoms with Gasteiger partial charge in [0.25, 0.3) is 0 Å². The van der Waals surface area contributed by atoms with Crippen molar-refractivity contribution in [3.8, 4) is 0 Å². The second-order valence-electron chi connectivity index (χ2n) is 5.52. The molecule has 1 unspecified atom stereocenters. The summed E-state index contributed by atoms with van der Waals surface area (Å²) in [6.07, 6.45) is -8.30. The van der Waals surface area contributed by atoms with E-state index in [9.17, 15) is 35.5 Å². The quantitative estimate of drug-likeness (QED) is 0.529. The Morgan fingerprint density at radius 1 is 1.00 bits per heavy atom. The normalized spacial score (nSPS) is 15.9. The number of ether oxygens (including phenoxy) is 1. The van der Waals surface area contributed by atoms with E-state index in [1.807, 2.05) is 0 Å². The molecule has 136 valence electrons. The average molecular weight is 360 g/mol. The van der Waals surface area contributed by atoms with Crippen molar-refractivity contribution >= 4 is 5.78 Å². The Labute approximate surface area is 133 Å². The number of methoxy groups -OCH3 is 1. The third-order valence-corrected chi connectivity index (χ3v) is 3.73. The van der Waals surface area contributed by atoms with Gasteiger partial charge in [-0.05, 0) is 19.4 Å². The summed E-state index contributed by atoms with van der Waals surface area (Å²) >= 11 is 0. The van der Waals surface area contributed by atoms with Gasteiger partial charge in [0.05, 0.1) is 12.0 Å². The van der Waals surface area contributed by atoms with Crippen LogP contribution in [0.25, 0.3) is 0 Å². The summed E-state index contributed by atoms with van der Waals surface area (Å²) in [5.74, 6) is -11.9. The first kappa shape index (κ1) is 20.4. The van der Waals surface area contributed by atoms with Crippen LogP contribution in [0.1, 0.15) is 36.2 Å². The molecule has 0 heterocycles. The monoisotopic (exact) mass is 360 g/mol. The van der Waals surface area contributed by atoms with Crippen molar-refractivity contribution < 1.29 is 40.3 Å². The zero-order valence-corrected chi connectivity index (χ0v) is 13.0. The second-order valence-corrected chi connectivity index (χ2v) is 5.52. The number of halogens is 7. The van der Waals surface area contributed by atoms with Crippen molar-refractivity contribution in [2.45, 2.75) is 43.9 Å². The third-order valence-electron chi connectivity index (χ3n) is 3.73. The van der Waals surface area contributed by atoms with Crippen molar-refractivity contribution in [2.24, 2.45) is 0 Å². The van der Waals surface area contributed by atoms with Gasteiger partial charge >= 0.3 is 18.0 Å². The Kier molecular flexibility index (Phi) is 5.39. The molecule has 1 aromatic rings. The lowest BCUT2D eigenvalue weighted by atomic mass is 9.86. The highest BCUT2D eigenvalue weighted by molar-refractivity contribution is 5.94. The van der Waals surface area contributed by atoms with Gasteiger partial charge in [0.15, 0.2) is 5.78 Å². The molecule has 0 spiro atoms. The van der Waals surface area contributed by atoms with E-state index in [4.69, 9.17) is 4.74 Å². The van der Waals surface area contributed by atoms with Gasteiger partial charge < -0.3 is 4.74 Å². The summed E-state index contributed by atoms with van der Waals surface area (Å²) in [7, 11) is 0.917. The molecule has 0 N–H and O–H groups in total. The molecule has 0 radical (unpaired) electrons. The van der Waals surface area contributed by atoms with Crippen LogP contribution in [0.15, 0.2) is 24.3 Å². The molecule has 2 nitrogen and oxygen atoms in total. The van der Waals surface area contributed by atoms with Crippen LogP contribution < -0.4 is 0 Å². The predicted molar refractivity (Wildman–Crippen MR) is 71.4 cm³/mol. The molecule has 0 fully saturated rings. The Bertz CT molecular complexity index is 593. The zero-order chi connectivity index (χ0) is 19.0. The lowest BCUT2D eigenvalue weighted by Gasteiger charge is -2.36. The largest absolute Gasteiger partial charge is 0.459 e. The molecule has 0 saturated carbocycles. The summed E-state index contributed by atoms with van der Waals surface area (Å²) < 4.78 is 95.0. The van der Waals surface area contributed by atoms with Crippen LogP contribution in [-0.2, 0) is 10.3 Å². The van der Waals surface area contributed by atoms with Gasteiger partial charge in [-0.3, -0.25) is 4.79 Å². The van der Waals surface area contributed by atoms with E-state index in [1.165, 1.54) is 31.2 Å². The number of ketones is 1. The minimum Gasteiger partial charge on any atom is -0.374 e. The molecule has 0 aliphatic heterocycles. The lowest BCUT2D eigenvalue weighted by Crippen LogP contribution is -2.54. The van der Waals surface area contributed by atoms with Crippen molar-refractivity contribution in [1.82, 2.24) is 0 Å². The van der Waals surface area contributed by atoms with Crippen molar-refractivity contribution in [2.75, 3.05) is 7.11 Å². The van der Waals surface area contributed by atoms with Gasteiger partial charge in [-0.1, -0.05) is 24.3 Å². The van der Waals surface area contributed by atoms with Crippen LogP contribution in [0.3, 0.4) is 0 Å². The molecule has 0 aliphatic rings. The van der Waals surface area contributed by atoms with Gasteiger partial charge in [-0.15, -0.1) is 0 Å². The molecule has 9 heteroatoms. The van der Waals surface area contributed by atoms with Gasteiger partial charge in [0.2, 0.25) is 0 Å². The maximum atomic E-state index is 13.7. The topological polar surface area (TPSA) is 26.3 Å². The Balaban J connectivity index is 3.22. The molecular weight excluding hydrogens is 345 g/mol. The maximum absolute atomic E-state index is 13.7. The Hall–Kier alpha value is -1.64. The van der Waals surface area contributed by atoms with Crippen LogP contribution in [0.2, 0.25) is 0 Å². The average Bonchev–Trinajstić information content (AvgIpc) is 2.45. The maximum Gasteiger partial charge on any atom is 0.459 e. The van der Waals surface area contributed by atoms with E-state index in [1.54, 1.807) is 0 Å². The van der Waals surface area contributed by atoms with Gasteiger partial charge in [0, 0.05) is 12.7 Å². The van der Waals surface area contributed by atoms with Crippen molar-refractivity contribution in [3.63, 3.8) is 0 Å². The molecule has 1 rings (SSSR count). The SMILES string of the molecule is COC(C)(CC(F)(F)C(F)(F)C(F)(F)F)c1ccc(C(C)=O)cc1. The minimum atomic E-state index is -6.40. The van der Waals surface area contributed by atoms with Crippen molar-refractivity contribution in [1.29, 1.82) is 0 Å². The van der Waals surface area contributed by atoms with Crippen LogP contribution in [-0.4, -0.2) is 30.9 Å². The summed E-state index contributed by atoms with van der Waals surface area (Å²) in [6, 6.07) is 4.83. The Morgan fingerprint density at radius 3 is 1.79 bits per heavy atom. The third kappa shape index (κ3) is 3.71. The van der Waals surface area contributed by atoms with Gasteiger partial charge in [-0.2, -0.15) is 30.7 Å². The molecule has 0 bridgehead atoms. The summed E-state index contributed by atoms with van der Waals surface area (Å²) in [5.41, 5.74) is -1.95. The van der Waals surface area contributed by atoms with E-state index in [0.717, 1.165) is 14.0 Å². The first-order valence-corrected chi connectivity index (χ1v) is 6.67. The fourth-order valence-corrected chi connectivity index (χ4v) is 2.09. The molecule has 1 aromatic carbocycles. The fraction of sp³-hybridized carbons (Fsp3) is 0.533. The van der Waals surface area contributed by atoms with E-state index >= 15 is 0 Å². The number of alkyl halides is 7. The zero-order valence-electron chi connectivity index (χ0n) is 13.0.